The maximum Gasteiger partial charge on any atom is 0.275 e. The molecule has 10 heteroatoms. The van der Waals surface area contributed by atoms with Crippen LogP contribution in [0.3, 0.4) is 0 Å². The van der Waals surface area contributed by atoms with Crippen LogP contribution in [0.2, 0.25) is 0 Å². The van der Waals surface area contributed by atoms with Gasteiger partial charge in [-0.05, 0) is 33.8 Å². The fourth-order valence-electron chi connectivity index (χ4n) is 4.31. The van der Waals surface area contributed by atoms with E-state index in [-0.39, 0.29) is 29.9 Å². The van der Waals surface area contributed by atoms with E-state index >= 15 is 0 Å². The molecule has 1 aliphatic rings. The van der Waals surface area contributed by atoms with E-state index in [0.717, 1.165) is 10.9 Å². The summed E-state index contributed by atoms with van der Waals surface area (Å²) in [5, 5.41) is 9.63. The van der Waals surface area contributed by atoms with Crippen molar-refractivity contribution in [3.8, 4) is 0 Å². The number of fused-ring (bicyclic) bond motifs is 1. The molecule has 4 rings (SSSR count). The average Bonchev–Trinajstić information content (AvgIpc) is 3.24. The maximum atomic E-state index is 13.3. The Balaban J connectivity index is 1.54. The molecule has 0 aliphatic carbocycles. The standard InChI is InChI=1S/C21H28N6O3S/c1-14(2)27-16(4)20(15(3)22-27)31(29,30)26-12-10-25(11-13-26)21(28)19-17-8-6-7-9-18(17)24(5)23-19/h6-9,14H,10-13H2,1-5H3. The van der Waals surface area contributed by atoms with E-state index in [0.29, 0.717) is 30.2 Å². The van der Waals surface area contributed by atoms with Crippen LogP contribution in [0.15, 0.2) is 29.2 Å². The van der Waals surface area contributed by atoms with Gasteiger partial charge in [0, 0.05) is 44.7 Å². The van der Waals surface area contributed by atoms with Crippen LogP contribution in [-0.4, -0.2) is 69.3 Å². The molecule has 1 fully saturated rings. The summed E-state index contributed by atoms with van der Waals surface area (Å²) < 4.78 is 31.6. The second kappa shape index (κ2) is 7.76. The number of hydrogen-bond acceptors (Lipinski definition) is 5. The van der Waals surface area contributed by atoms with E-state index < -0.39 is 10.0 Å². The van der Waals surface area contributed by atoms with Gasteiger partial charge in [-0.15, -0.1) is 0 Å². The molecule has 0 spiro atoms. The average molecular weight is 445 g/mol. The highest BCUT2D eigenvalue weighted by molar-refractivity contribution is 7.89. The smallest absolute Gasteiger partial charge is 0.275 e. The van der Waals surface area contributed by atoms with Gasteiger partial charge in [-0.2, -0.15) is 14.5 Å². The van der Waals surface area contributed by atoms with Gasteiger partial charge in [0.25, 0.3) is 5.91 Å². The van der Waals surface area contributed by atoms with Gasteiger partial charge in [0.1, 0.15) is 4.90 Å². The van der Waals surface area contributed by atoms with Gasteiger partial charge in [0.05, 0.1) is 16.9 Å². The number of piperazine rings is 1. The Bertz CT molecular complexity index is 1250. The van der Waals surface area contributed by atoms with Gasteiger partial charge in [-0.25, -0.2) is 8.42 Å². The van der Waals surface area contributed by atoms with Crippen LogP contribution >= 0.6 is 0 Å². The van der Waals surface area contributed by atoms with Gasteiger partial charge in [0.15, 0.2) is 5.69 Å². The van der Waals surface area contributed by atoms with Gasteiger partial charge in [0.2, 0.25) is 10.0 Å². The van der Waals surface area contributed by atoms with Gasteiger partial charge in [-0.1, -0.05) is 18.2 Å². The number of carbonyl (C=O) groups is 1. The molecule has 0 N–H and O–H groups in total. The number of carbonyl (C=O) groups excluding carboxylic acids is 1. The molecule has 9 nitrogen and oxygen atoms in total. The fourth-order valence-corrected chi connectivity index (χ4v) is 6.09. The summed E-state index contributed by atoms with van der Waals surface area (Å²) >= 11 is 0. The quantitative estimate of drug-likeness (QED) is 0.614. The molecule has 3 aromatic rings. The van der Waals surface area contributed by atoms with Crippen LogP contribution in [0.4, 0.5) is 0 Å². The molecular weight excluding hydrogens is 416 g/mol. The van der Waals surface area contributed by atoms with E-state index in [1.54, 1.807) is 28.1 Å². The van der Waals surface area contributed by atoms with Crippen molar-refractivity contribution in [2.45, 2.75) is 38.6 Å². The Morgan fingerprint density at radius 3 is 2.29 bits per heavy atom. The minimum atomic E-state index is -3.69. The van der Waals surface area contributed by atoms with Crippen molar-refractivity contribution in [2.24, 2.45) is 7.05 Å². The minimum Gasteiger partial charge on any atom is -0.335 e. The molecule has 1 amide bonds. The first kappa shape index (κ1) is 21.5. The first-order valence-electron chi connectivity index (χ1n) is 10.4. The van der Waals surface area contributed by atoms with Crippen molar-refractivity contribution in [1.82, 2.24) is 28.8 Å². The van der Waals surface area contributed by atoms with Crippen molar-refractivity contribution in [3.63, 3.8) is 0 Å². The lowest BCUT2D eigenvalue weighted by atomic mass is 10.2. The molecule has 166 valence electrons. The molecule has 0 bridgehead atoms. The zero-order valence-corrected chi connectivity index (χ0v) is 19.3. The van der Waals surface area contributed by atoms with Crippen LogP contribution in [0.25, 0.3) is 10.9 Å². The lowest BCUT2D eigenvalue weighted by Gasteiger charge is -2.33. The van der Waals surface area contributed by atoms with Gasteiger partial charge in [-0.3, -0.25) is 14.2 Å². The third kappa shape index (κ3) is 3.53. The Hall–Kier alpha value is -2.72. The number of para-hydroxylation sites is 1. The van der Waals surface area contributed by atoms with Crippen molar-refractivity contribution in [3.05, 3.63) is 41.3 Å². The third-order valence-electron chi connectivity index (χ3n) is 5.83. The number of rotatable bonds is 4. The summed E-state index contributed by atoms with van der Waals surface area (Å²) in [7, 11) is -1.88. The third-order valence-corrected chi connectivity index (χ3v) is 7.98. The Morgan fingerprint density at radius 2 is 1.68 bits per heavy atom. The predicted octanol–water partition coefficient (Wildman–Crippen LogP) is 2.11. The van der Waals surface area contributed by atoms with E-state index in [1.165, 1.54) is 4.31 Å². The molecule has 0 saturated carbocycles. The summed E-state index contributed by atoms with van der Waals surface area (Å²) in [6.45, 7) is 8.58. The molecule has 0 radical (unpaired) electrons. The van der Waals surface area contributed by atoms with Crippen molar-refractivity contribution >= 4 is 26.8 Å². The van der Waals surface area contributed by atoms with Gasteiger partial charge >= 0.3 is 0 Å². The van der Waals surface area contributed by atoms with E-state index in [9.17, 15) is 13.2 Å². The molecular formula is C21H28N6O3S. The van der Waals surface area contributed by atoms with Gasteiger partial charge < -0.3 is 4.90 Å². The van der Waals surface area contributed by atoms with Crippen molar-refractivity contribution in [1.29, 1.82) is 0 Å². The minimum absolute atomic E-state index is 0.0744. The second-order valence-electron chi connectivity index (χ2n) is 8.22. The summed E-state index contributed by atoms with van der Waals surface area (Å²) in [4.78, 5) is 15.1. The van der Waals surface area contributed by atoms with Crippen molar-refractivity contribution in [2.75, 3.05) is 26.2 Å². The summed E-state index contributed by atoms with van der Waals surface area (Å²) in [6, 6.07) is 7.67. The second-order valence-corrected chi connectivity index (χ2v) is 10.1. The number of amides is 1. The first-order chi connectivity index (χ1) is 14.6. The summed E-state index contributed by atoms with van der Waals surface area (Å²) in [5.74, 6) is -0.172. The molecule has 1 saturated heterocycles. The summed E-state index contributed by atoms with van der Waals surface area (Å²) in [5.41, 5.74) is 2.44. The normalized spacial score (nSPS) is 15.9. The molecule has 31 heavy (non-hydrogen) atoms. The highest BCUT2D eigenvalue weighted by Crippen LogP contribution is 2.27. The Morgan fingerprint density at radius 1 is 1.03 bits per heavy atom. The first-order valence-corrected chi connectivity index (χ1v) is 11.8. The van der Waals surface area contributed by atoms with Crippen LogP contribution < -0.4 is 0 Å². The fraction of sp³-hybridized carbons (Fsp3) is 0.476. The molecule has 2 aromatic heterocycles. The zero-order valence-electron chi connectivity index (χ0n) is 18.5. The van der Waals surface area contributed by atoms with E-state index in [4.69, 9.17) is 0 Å². The number of sulfonamides is 1. The van der Waals surface area contributed by atoms with Crippen LogP contribution in [0.5, 0.6) is 0 Å². The Labute approximate surface area is 182 Å². The van der Waals surface area contributed by atoms with E-state index in [2.05, 4.69) is 10.2 Å². The van der Waals surface area contributed by atoms with Crippen LogP contribution in [0.1, 0.15) is 41.8 Å². The zero-order chi connectivity index (χ0) is 22.5. The monoisotopic (exact) mass is 444 g/mol. The highest BCUT2D eigenvalue weighted by Gasteiger charge is 2.35. The summed E-state index contributed by atoms with van der Waals surface area (Å²) in [6.07, 6.45) is 0. The Kier molecular flexibility index (Phi) is 5.38. The largest absolute Gasteiger partial charge is 0.335 e. The molecule has 1 aliphatic heterocycles. The number of aromatic nitrogens is 4. The lowest BCUT2D eigenvalue weighted by molar-refractivity contribution is 0.0693. The SMILES string of the molecule is Cc1nn(C(C)C)c(C)c1S(=O)(=O)N1CCN(C(=O)c2nn(C)c3ccccc23)CC1. The number of benzene rings is 1. The lowest BCUT2D eigenvalue weighted by Crippen LogP contribution is -2.50. The molecule has 1 aromatic carbocycles. The molecule has 0 atom stereocenters. The molecule has 3 heterocycles. The van der Waals surface area contributed by atoms with E-state index in [1.807, 2.05) is 45.2 Å². The van der Waals surface area contributed by atoms with Crippen LogP contribution in [0, 0.1) is 13.8 Å². The van der Waals surface area contributed by atoms with Crippen molar-refractivity contribution < 1.29 is 13.2 Å². The topological polar surface area (TPSA) is 93.3 Å². The number of hydrogen-bond donors (Lipinski definition) is 0. The highest BCUT2D eigenvalue weighted by atomic mass is 32.2. The number of nitrogens with zero attached hydrogens (tertiary/aromatic N) is 6. The predicted molar refractivity (Wildman–Crippen MR) is 117 cm³/mol. The molecule has 0 unspecified atom stereocenters. The van der Waals surface area contributed by atoms with Crippen LogP contribution in [-0.2, 0) is 17.1 Å². The number of aryl methyl sites for hydroxylation is 2. The maximum absolute atomic E-state index is 13.3.